The summed E-state index contributed by atoms with van der Waals surface area (Å²) in [4.78, 5) is 11.8. The summed E-state index contributed by atoms with van der Waals surface area (Å²) in [6.07, 6.45) is 0.676. The molecule has 1 atom stereocenters. The fourth-order valence-corrected chi connectivity index (χ4v) is 1.55. The predicted molar refractivity (Wildman–Crippen MR) is 69.1 cm³/mol. The maximum absolute atomic E-state index is 11.8. The van der Waals surface area contributed by atoms with E-state index in [0.29, 0.717) is 23.8 Å². The number of carbonyl (C=O) groups is 1. The van der Waals surface area contributed by atoms with Crippen molar-refractivity contribution in [2.45, 2.75) is 26.3 Å². The van der Waals surface area contributed by atoms with Crippen LogP contribution in [0.1, 0.15) is 20.3 Å². The van der Waals surface area contributed by atoms with Crippen molar-refractivity contribution >= 4 is 11.6 Å². The highest BCUT2D eigenvalue weighted by molar-refractivity contribution is 5.94. The first-order chi connectivity index (χ1) is 8.02. The Morgan fingerprint density at radius 1 is 1.47 bits per heavy atom. The Balaban J connectivity index is 2.61. The van der Waals surface area contributed by atoms with Gasteiger partial charge in [0.1, 0.15) is 5.75 Å². The van der Waals surface area contributed by atoms with Crippen LogP contribution in [-0.2, 0) is 4.79 Å². The van der Waals surface area contributed by atoms with Crippen LogP contribution >= 0.6 is 0 Å². The van der Waals surface area contributed by atoms with E-state index in [-0.39, 0.29) is 5.91 Å². The van der Waals surface area contributed by atoms with Crippen molar-refractivity contribution in [3.05, 3.63) is 24.3 Å². The molecule has 1 aromatic carbocycles. The van der Waals surface area contributed by atoms with Crippen LogP contribution in [0.15, 0.2) is 24.3 Å². The number of carbonyl (C=O) groups excluding carboxylic acids is 1. The Labute approximate surface area is 102 Å². The topological polar surface area (TPSA) is 64.3 Å². The van der Waals surface area contributed by atoms with Crippen LogP contribution in [0.5, 0.6) is 5.75 Å². The Hall–Kier alpha value is -1.55. The minimum absolute atomic E-state index is 0.160. The minimum atomic E-state index is -0.471. The van der Waals surface area contributed by atoms with Gasteiger partial charge in [-0.2, -0.15) is 0 Å². The number of nitrogens with two attached hydrogens (primary N) is 1. The molecule has 0 unspecified atom stereocenters. The zero-order valence-corrected chi connectivity index (χ0v) is 10.6. The zero-order valence-electron chi connectivity index (χ0n) is 10.6. The van der Waals surface area contributed by atoms with Gasteiger partial charge in [-0.05, 0) is 24.5 Å². The average molecular weight is 236 g/mol. The van der Waals surface area contributed by atoms with Crippen molar-refractivity contribution in [3.8, 4) is 5.75 Å². The number of ether oxygens (including phenoxy) is 1. The van der Waals surface area contributed by atoms with E-state index in [4.69, 9.17) is 10.5 Å². The summed E-state index contributed by atoms with van der Waals surface area (Å²) in [5, 5.41) is 2.78. The molecule has 0 aliphatic carbocycles. The predicted octanol–water partition coefficient (Wildman–Crippen LogP) is 2.01. The number of nitrogens with one attached hydrogen (secondary N) is 1. The van der Waals surface area contributed by atoms with Crippen LogP contribution in [0.25, 0.3) is 0 Å². The highest BCUT2D eigenvalue weighted by Crippen LogP contribution is 2.17. The Bertz CT molecular complexity index is 377. The summed E-state index contributed by atoms with van der Waals surface area (Å²) in [7, 11) is 1.59. The molecule has 0 heterocycles. The van der Waals surface area contributed by atoms with Gasteiger partial charge in [0, 0.05) is 11.8 Å². The van der Waals surface area contributed by atoms with E-state index in [1.54, 1.807) is 13.2 Å². The van der Waals surface area contributed by atoms with Gasteiger partial charge in [-0.15, -0.1) is 0 Å². The number of amides is 1. The van der Waals surface area contributed by atoms with Crippen LogP contribution < -0.4 is 15.8 Å². The number of rotatable bonds is 5. The lowest BCUT2D eigenvalue weighted by molar-refractivity contribution is -0.117. The summed E-state index contributed by atoms with van der Waals surface area (Å²) >= 11 is 0. The average Bonchev–Trinajstić information content (AvgIpc) is 2.28. The molecule has 0 bridgehead atoms. The van der Waals surface area contributed by atoms with E-state index in [1.165, 1.54) is 0 Å². The van der Waals surface area contributed by atoms with Gasteiger partial charge in [0.2, 0.25) is 5.91 Å². The van der Waals surface area contributed by atoms with E-state index < -0.39 is 6.04 Å². The minimum Gasteiger partial charge on any atom is -0.497 e. The van der Waals surface area contributed by atoms with Crippen LogP contribution in [0.4, 0.5) is 5.69 Å². The maximum atomic E-state index is 11.8. The molecule has 0 spiro atoms. The van der Waals surface area contributed by atoms with Crippen molar-refractivity contribution in [1.82, 2.24) is 0 Å². The zero-order chi connectivity index (χ0) is 12.8. The third kappa shape index (κ3) is 4.44. The van der Waals surface area contributed by atoms with E-state index in [2.05, 4.69) is 5.32 Å². The Morgan fingerprint density at radius 2 is 2.18 bits per heavy atom. The monoisotopic (exact) mass is 236 g/mol. The summed E-state index contributed by atoms with van der Waals surface area (Å²) in [6, 6.07) is 6.75. The Morgan fingerprint density at radius 3 is 2.76 bits per heavy atom. The lowest BCUT2D eigenvalue weighted by Crippen LogP contribution is -2.36. The van der Waals surface area contributed by atoms with Gasteiger partial charge in [-0.25, -0.2) is 0 Å². The third-order valence-corrected chi connectivity index (χ3v) is 2.40. The van der Waals surface area contributed by atoms with Crippen LogP contribution in [0, 0.1) is 5.92 Å². The highest BCUT2D eigenvalue weighted by Gasteiger charge is 2.14. The van der Waals surface area contributed by atoms with E-state index in [0.717, 1.165) is 0 Å². The van der Waals surface area contributed by atoms with Crippen molar-refractivity contribution in [2.24, 2.45) is 11.7 Å². The lowest BCUT2D eigenvalue weighted by atomic mass is 10.0. The summed E-state index contributed by atoms with van der Waals surface area (Å²) < 4.78 is 5.08. The van der Waals surface area contributed by atoms with E-state index in [9.17, 15) is 4.79 Å². The second kappa shape index (κ2) is 6.25. The number of hydrogen-bond acceptors (Lipinski definition) is 3. The van der Waals surface area contributed by atoms with E-state index in [1.807, 2.05) is 32.0 Å². The summed E-state index contributed by atoms with van der Waals surface area (Å²) in [6.45, 7) is 4.08. The fraction of sp³-hybridized carbons (Fsp3) is 0.462. The molecule has 1 rings (SSSR count). The first kappa shape index (κ1) is 13.5. The molecule has 0 saturated heterocycles. The summed E-state index contributed by atoms with van der Waals surface area (Å²) in [5.74, 6) is 0.952. The quantitative estimate of drug-likeness (QED) is 0.822. The van der Waals surface area contributed by atoms with Gasteiger partial charge in [-0.3, -0.25) is 4.79 Å². The second-order valence-electron chi connectivity index (χ2n) is 4.46. The standard InChI is InChI=1S/C13H20N2O2/c1-9(2)7-12(14)13(16)15-10-5-4-6-11(8-10)17-3/h4-6,8-9,12H,7,14H2,1-3H3,(H,15,16)/t12-/m0/s1. The Kier molecular flexibility index (Phi) is 4.97. The first-order valence-corrected chi connectivity index (χ1v) is 5.73. The molecule has 0 fully saturated rings. The van der Waals surface area contributed by atoms with Gasteiger partial charge in [0.05, 0.1) is 13.2 Å². The van der Waals surface area contributed by atoms with Crippen molar-refractivity contribution in [1.29, 1.82) is 0 Å². The second-order valence-corrected chi connectivity index (χ2v) is 4.46. The molecule has 1 aromatic rings. The molecule has 1 amide bonds. The van der Waals surface area contributed by atoms with E-state index >= 15 is 0 Å². The van der Waals surface area contributed by atoms with Crippen molar-refractivity contribution in [2.75, 3.05) is 12.4 Å². The van der Waals surface area contributed by atoms with Crippen LogP contribution in [-0.4, -0.2) is 19.1 Å². The molecule has 3 N–H and O–H groups in total. The van der Waals surface area contributed by atoms with Gasteiger partial charge < -0.3 is 15.8 Å². The lowest BCUT2D eigenvalue weighted by Gasteiger charge is -2.14. The van der Waals surface area contributed by atoms with Gasteiger partial charge in [-0.1, -0.05) is 19.9 Å². The van der Waals surface area contributed by atoms with Crippen LogP contribution in [0.3, 0.4) is 0 Å². The first-order valence-electron chi connectivity index (χ1n) is 5.73. The molecular weight excluding hydrogens is 216 g/mol. The summed E-state index contributed by atoms with van der Waals surface area (Å²) in [5.41, 5.74) is 6.50. The molecule has 17 heavy (non-hydrogen) atoms. The third-order valence-electron chi connectivity index (χ3n) is 2.40. The van der Waals surface area contributed by atoms with Crippen molar-refractivity contribution in [3.63, 3.8) is 0 Å². The molecule has 0 aromatic heterocycles. The van der Waals surface area contributed by atoms with Crippen molar-refractivity contribution < 1.29 is 9.53 Å². The number of methoxy groups -OCH3 is 1. The molecule has 94 valence electrons. The molecule has 4 heteroatoms. The molecule has 0 aliphatic heterocycles. The highest BCUT2D eigenvalue weighted by atomic mass is 16.5. The van der Waals surface area contributed by atoms with Crippen LogP contribution in [0.2, 0.25) is 0 Å². The van der Waals surface area contributed by atoms with Gasteiger partial charge >= 0.3 is 0 Å². The van der Waals surface area contributed by atoms with Gasteiger partial charge in [0.25, 0.3) is 0 Å². The van der Waals surface area contributed by atoms with Gasteiger partial charge in [0.15, 0.2) is 0 Å². The smallest absolute Gasteiger partial charge is 0.241 e. The SMILES string of the molecule is COc1cccc(NC(=O)[C@@H](N)CC(C)C)c1. The molecule has 0 radical (unpaired) electrons. The largest absolute Gasteiger partial charge is 0.497 e. The number of benzene rings is 1. The number of anilines is 1. The fourth-order valence-electron chi connectivity index (χ4n) is 1.55. The maximum Gasteiger partial charge on any atom is 0.241 e. The molecular formula is C13H20N2O2. The normalized spacial score (nSPS) is 12.3. The molecule has 0 aliphatic rings. The molecule has 0 saturated carbocycles. The molecule has 4 nitrogen and oxygen atoms in total. The number of hydrogen-bond donors (Lipinski definition) is 2.